The van der Waals surface area contributed by atoms with E-state index in [9.17, 15) is 61.0 Å². The van der Waals surface area contributed by atoms with Crippen LogP contribution in [0, 0.1) is 34.5 Å². The minimum Gasteiger partial charge on any atom is -0.394 e. The molecule has 0 aromatic rings. The second-order valence-electron chi connectivity index (χ2n) is 23.8. The van der Waals surface area contributed by atoms with E-state index < -0.39 is 166 Å². The van der Waals surface area contributed by atoms with E-state index >= 15 is 0 Å². The summed E-state index contributed by atoms with van der Waals surface area (Å²) in [6.45, 7) is 7.60. The van der Waals surface area contributed by atoms with Crippen molar-refractivity contribution in [3.63, 3.8) is 0 Å². The zero-order valence-electron chi connectivity index (χ0n) is 45.0. The third-order valence-corrected chi connectivity index (χ3v) is 19.4. The van der Waals surface area contributed by atoms with Crippen LogP contribution in [0.3, 0.4) is 0 Å². The Morgan fingerprint density at radius 2 is 1.18 bits per heavy atom. The van der Waals surface area contributed by atoms with E-state index in [0.29, 0.717) is 25.2 Å². The van der Waals surface area contributed by atoms with Crippen LogP contribution in [-0.4, -0.2) is 250 Å². The smallest absolute Gasteiger partial charge is 0.187 e. The highest BCUT2D eigenvalue weighted by Gasteiger charge is 2.64. The van der Waals surface area contributed by atoms with Gasteiger partial charge in [0.05, 0.1) is 56.4 Å². The molecule has 24 heteroatoms. The van der Waals surface area contributed by atoms with Crippen LogP contribution in [0.25, 0.3) is 0 Å². The van der Waals surface area contributed by atoms with Gasteiger partial charge in [0.25, 0.3) is 0 Å². The van der Waals surface area contributed by atoms with Gasteiger partial charge in [-0.3, -0.25) is 4.79 Å². The Labute approximate surface area is 448 Å². The standard InChI is InChI=1S/C53H86O24/c1-21(56)37-29(72-49-45(64)43(62)41(60)34(75-49)20-68-51-48(44(63)40(59)33(19-55)74-51)77-50-46(65)42(61)39(58)32(18-54)73-50)15-28-26-9-8-24-14-25(10-12-52(24,4)27(26)11-13-53(28,37)5)71-35-17-31(67-7)47(23(3)70-35)76-36-16-30(66-6)38(57)22(2)69-36/h8,22-23,25-51,54-55,57-65H,9-20H2,1-7H3/t22-,23-,25+,26-,27+,28+,29-,30-,31+,32-,33-,34-,35+,36+,37+,38-,39-,40-,41-,42+,43+,44+,45-,46-,47-,48-,49-,50+,51-,52+,53+/m1/s1. The van der Waals surface area contributed by atoms with Gasteiger partial charge in [0.2, 0.25) is 0 Å². The van der Waals surface area contributed by atoms with Gasteiger partial charge in [-0.25, -0.2) is 0 Å². The van der Waals surface area contributed by atoms with Crippen LogP contribution in [0.2, 0.25) is 0 Å². The predicted octanol–water partition coefficient (Wildman–Crippen LogP) is -1.97. The lowest BCUT2D eigenvalue weighted by atomic mass is 9.47. The Bertz CT molecular complexity index is 2000. The number of carbonyl (C=O) groups excluding carboxylic acids is 1. The van der Waals surface area contributed by atoms with E-state index in [1.165, 1.54) is 5.57 Å². The molecular weight excluding hydrogens is 1020 g/mol. The van der Waals surface area contributed by atoms with Crippen LogP contribution in [-0.2, 0) is 61.6 Å². The number of allylic oxidation sites excluding steroid dienone is 1. The molecule has 0 bridgehead atoms. The number of fused-ring (bicyclic) bond motifs is 5. The van der Waals surface area contributed by atoms with Crippen molar-refractivity contribution in [3.8, 4) is 0 Å². The van der Waals surface area contributed by atoms with Gasteiger partial charge in [0.15, 0.2) is 31.5 Å². The van der Waals surface area contributed by atoms with Crippen molar-refractivity contribution in [1.29, 1.82) is 0 Å². The summed E-state index contributed by atoms with van der Waals surface area (Å²) in [5.74, 6) is -0.0862. The lowest BCUT2D eigenvalue weighted by Gasteiger charge is -2.58. The molecule has 4 aliphatic carbocycles. The van der Waals surface area contributed by atoms with Crippen LogP contribution in [0.4, 0.5) is 0 Å². The van der Waals surface area contributed by atoms with Crippen molar-refractivity contribution in [2.45, 2.75) is 246 Å². The summed E-state index contributed by atoms with van der Waals surface area (Å²) < 4.78 is 72.6. The minimum absolute atomic E-state index is 0.0513. The summed E-state index contributed by atoms with van der Waals surface area (Å²) in [5.41, 5.74) is 0.782. The number of carbonyl (C=O) groups is 1. The number of hydrogen-bond donors (Lipinski definition) is 11. The first-order chi connectivity index (χ1) is 36.6. The number of methoxy groups -OCH3 is 2. The first-order valence-electron chi connectivity index (χ1n) is 27.7. The fourth-order valence-electron chi connectivity index (χ4n) is 15.0. The van der Waals surface area contributed by atoms with Gasteiger partial charge in [0.1, 0.15) is 91.2 Å². The maximum Gasteiger partial charge on any atom is 0.187 e. The van der Waals surface area contributed by atoms with Crippen molar-refractivity contribution >= 4 is 5.78 Å². The average Bonchev–Trinajstić information content (AvgIpc) is 3.76. The van der Waals surface area contributed by atoms with Crippen molar-refractivity contribution in [2.24, 2.45) is 34.5 Å². The van der Waals surface area contributed by atoms with Gasteiger partial charge in [-0.15, -0.1) is 0 Å². The molecule has 11 N–H and O–H groups in total. The molecule has 9 rings (SSSR count). The Hall–Kier alpha value is -1.51. The molecule has 5 heterocycles. The number of Topliss-reactive ketones (excluding diaryl/α,β-unsaturated/α-hetero) is 1. The molecule has 0 unspecified atom stereocenters. The highest BCUT2D eigenvalue weighted by Crippen LogP contribution is 2.67. The predicted molar refractivity (Wildman–Crippen MR) is 260 cm³/mol. The van der Waals surface area contributed by atoms with E-state index in [4.69, 9.17) is 56.8 Å². The molecule has 442 valence electrons. The van der Waals surface area contributed by atoms with Gasteiger partial charge in [-0.05, 0) is 94.3 Å². The summed E-state index contributed by atoms with van der Waals surface area (Å²) >= 11 is 0. The van der Waals surface area contributed by atoms with Crippen LogP contribution >= 0.6 is 0 Å². The number of aliphatic hydroxyl groups excluding tert-OH is 11. The van der Waals surface area contributed by atoms with Gasteiger partial charge < -0.3 is 113 Å². The molecule has 9 aliphatic rings. The van der Waals surface area contributed by atoms with Crippen LogP contribution in [0.5, 0.6) is 0 Å². The van der Waals surface area contributed by atoms with Crippen molar-refractivity contribution in [1.82, 2.24) is 0 Å². The van der Waals surface area contributed by atoms with Gasteiger partial charge in [-0.1, -0.05) is 25.5 Å². The van der Waals surface area contributed by atoms with E-state index in [1.54, 1.807) is 28.1 Å². The zero-order chi connectivity index (χ0) is 55.6. The quantitative estimate of drug-likeness (QED) is 0.0747. The highest BCUT2D eigenvalue weighted by atomic mass is 16.8. The third-order valence-electron chi connectivity index (χ3n) is 19.4. The second kappa shape index (κ2) is 24.4. The van der Waals surface area contributed by atoms with Crippen molar-refractivity contribution < 1.29 is 118 Å². The Morgan fingerprint density at radius 1 is 0.597 bits per heavy atom. The number of ether oxygens (including phenoxy) is 12. The third kappa shape index (κ3) is 11.5. The van der Waals surface area contributed by atoms with Crippen molar-refractivity contribution in [3.05, 3.63) is 11.6 Å². The van der Waals surface area contributed by atoms with E-state index in [2.05, 4.69) is 19.9 Å². The lowest BCUT2D eigenvalue weighted by molar-refractivity contribution is -0.373. The van der Waals surface area contributed by atoms with Crippen LogP contribution in [0.15, 0.2) is 11.6 Å². The van der Waals surface area contributed by atoms with Gasteiger partial charge in [0, 0.05) is 33.0 Å². The maximum absolute atomic E-state index is 13.8. The van der Waals surface area contributed by atoms with Gasteiger partial charge in [-0.2, -0.15) is 0 Å². The molecule has 77 heavy (non-hydrogen) atoms. The molecule has 0 aromatic heterocycles. The Morgan fingerprint density at radius 3 is 1.83 bits per heavy atom. The number of ketones is 1. The average molecular weight is 1110 g/mol. The highest BCUT2D eigenvalue weighted by molar-refractivity contribution is 5.80. The summed E-state index contributed by atoms with van der Waals surface area (Å²) in [6, 6.07) is 0. The van der Waals surface area contributed by atoms with Gasteiger partial charge >= 0.3 is 0 Å². The largest absolute Gasteiger partial charge is 0.394 e. The minimum atomic E-state index is -1.90. The molecule has 31 atom stereocenters. The maximum atomic E-state index is 13.8. The molecule has 8 fully saturated rings. The topological polar surface area (TPSA) is 350 Å². The molecular formula is C53H86O24. The van der Waals surface area contributed by atoms with Crippen LogP contribution < -0.4 is 0 Å². The molecule has 24 nitrogen and oxygen atoms in total. The SMILES string of the molecule is CO[C@H]1C[C@H](O[C@H]2CC[C@@]3(C)C(=CC[C@H]4[C@@H]5C[C@@H](O[C@@H]6O[C@H](CO[C@@H]7O[C@H](CO)[C@@H](O)[C@H](O)[C@H]7O[C@@H]7O[C@H](CO)[C@@H](O)[C@H](O)[C@H]7O)[C@@H](O)[C@H](O)[C@H]6O)[C@H](C(C)=O)[C@@]5(C)CC[C@@H]43)C2)O[C@H](C)[C@H]1O[C@H]1C[C@@H](OC)[C@H](O)[C@@H](C)O1. The fraction of sp³-hybridized carbons (Fsp3) is 0.943. The number of rotatable bonds is 16. The summed E-state index contributed by atoms with van der Waals surface area (Å²) in [4.78, 5) is 13.8. The summed E-state index contributed by atoms with van der Waals surface area (Å²) in [7, 11) is 3.21. The molecule has 3 saturated carbocycles. The Balaban J connectivity index is 0.836. The normalized spacial score (nSPS) is 53.2. The van der Waals surface area contributed by atoms with Crippen molar-refractivity contribution in [2.75, 3.05) is 34.0 Å². The number of aliphatic hydroxyl groups is 11. The first-order valence-corrected chi connectivity index (χ1v) is 27.7. The fourth-order valence-corrected chi connectivity index (χ4v) is 15.0. The lowest BCUT2D eigenvalue weighted by Crippen LogP contribution is -2.65. The number of hydrogen-bond acceptors (Lipinski definition) is 24. The van der Waals surface area contributed by atoms with Crippen LogP contribution in [0.1, 0.15) is 92.4 Å². The molecule has 0 amide bonds. The molecule has 0 spiro atoms. The molecule has 0 aromatic carbocycles. The first kappa shape index (κ1) is 60.1. The molecule has 5 saturated heterocycles. The second-order valence-corrected chi connectivity index (χ2v) is 23.8. The van der Waals surface area contributed by atoms with E-state index in [1.807, 2.05) is 6.92 Å². The Kier molecular flexibility index (Phi) is 19.0. The zero-order valence-corrected chi connectivity index (χ0v) is 45.0. The summed E-state index contributed by atoms with van der Waals surface area (Å²) in [6.07, 6.45) is -21.5. The van der Waals surface area contributed by atoms with E-state index in [0.717, 1.165) is 38.5 Å². The molecule has 5 aliphatic heterocycles. The van der Waals surface area contributed by atoms with E-state index in [-0.39, 0.29) is 41.3 Å². The summed E-state index contributed by atoms with van der Waals surface area (Å²) in [5, 5.41) is 117. The monoisotopic (exact) mass is 1110 g/mol. The molecule has 0 radical (unpaired) electrons.